The first kappa shape index (κ1) is 19.1. The zero-order valence-electron chi connectivity index (χ0n) is 17.0. The van der Waals surface area contributed by atoms with E-state index in [1.807, 2.05) is 32.0 Å². The summed E-state index contributed by atoms with van der Waals surface area (Å²) in [4.78, 5) is 24.0. The van der Waals surface area contributed by atoms with Gasteiger partial charge in [-0.3, -0.25) is 4.79 Å². The Bertz CT molecular complexity index is 868. The maximum atomic E-state index is 12.7. The summed E-state index contributed by atoms with van der Waals surface area (Å²) in [7, 11) is 0. The van der Waals surface area contributed by atoms with Crippen molar-refractivity contribution in [2.24, 2.45) is 5.92 Å². The number of nitrogens with zero attached hydrogens (tertiary/aromatic N) is 3. The lowest BCUT2D eigenvalue weighted by Gasteiger charge is -2.39. The number of aromatic nitrogens is 2. The summed E-state index contributed by atoms with van der Waals surface area (Å²) in [6.07, 6.45) is 6.50. The van der Waals surface area contributed by atoms with Crippen molar-refractivity contribution in [3.63, 3.8) is 0 Å². The number of aliphatic hydroxyl groups is 1. The number of rotatable bonds is 4. The van der Waals surface area contributed by atoms with Crippen LogP contribution in [-0.4, -0.2) is 45.2 Å². The van der Waals surface area contributed by atoms with Gasteiger partial charge in [0.2, 0.25) is 0 Å². The lowest BCUT2D eigenvalue weighted by molar-refractivity contribution is -0.00257. The summed E-state index contributed by atoms with van der Waals surface area (Å²) in [6, 6.07) is 6.58. The average Bonchev–Trinajstić information content (AvgIpc) is 2.66. The Labute approximate surface area is 166 Å². The SMILES string of the molecule is CC1CCN1c1ccc2cc(C(=O)N[C@H]3CC[C@H](C(C)(C)O)CC3)cnc2n1. The van der Waals surface area contributed by atoms with Crippen LogP contribution in [0, 0.1) is 5.92 Å². The van der Waals surface area contributed by atoms with E-state index in [1.165, 1.54) is 6.42 Å². The number of anilines is 1. The van der Waals surface area contributed by atoms with Gasteiger partial charge in [0, 0.05) is 30.2 Å². The average molecular weight is 383 g/mol. The first-order valence-electron chi connectivity index (χ1n) is 10.4. The Kier molecular flexibility index (Phi) is 5.00. The van der Waals surface area contributed by atoms with Crippen LogP contribution < -0.4 is 10.2 Å². The molecule has 2 fully saturated rings. The molecule has 1 saturated heterocycles. The maximum Gasteiger partial charge on any atom is 0.253 e. The quantitative estimate of drug-likeness (QED) is 0.848. The fraction of sp³-hybridized carbons (Fsp3) is 0.591. The van der Waals surface area contributed by atoms with Crippen LogP contribution in [0.3, 0.4) is 0 Å². The minimum atomic E-state index is -0.642. The van der Waals surface area contributed by atoms with E-state index >= 15 is 0 Å². The molecule has 0 aromatic carbocycles. The molecule has 2 N–H and O–H groups in total. The van der Waals surface area contributed by atoms with Gasteiger partial charge < -0.3 is 15.3 Å². The van der Waals surface area contributed by atoms with E-state index in [0.29, 0.717) is 23.2 Å². The molecule has 6 heteroatoms. The van der Waals surface area contributed by atoms with Crippen molar-refractivity contribution in [2.75, 3.05) is 11.4 Å². The highest BCUT2D eigenvalue weighted by Gasteiger charge is 2.32. The van der Waals surface area contributed by atoms with Crippen molar-refractivity contribution in [1.29, 1.82) is 0 Å². The molecule has 0 radical (unpaired) electrons. The molecule has 2 aliphatic rings. The standard InChI is InChI=1S/C22H30N4O2/c1-14-10-11-26(14)19-9-4-15-12-16(13-23-20(15)25-19)21(27)24-18-7-5-17(6-8-18)22(2,3)28/h4,9,12-14,17-18,28H,5-8,10-11H2,1-3H3,(H,24,27)/t14?,17-,18-. The first-order chi connectivity index (χ1) is 13.3. The fourth-order valence-electron chi connectivity index (χ4n) is 4.35. The second-order valence-corrected chi connectivity index (χ2v) is 8.95. The molecule has 2 aromatic heterocycles. The van der Waals surface area contributed by atoms with Crippen LogP contribution in [0.1, 0.15) is 63.2 Å². The molecule has 1 atom stereocenters. The van der Waals surface area contributed by atoms with E-state index < -0.39 is 5.60 Å². The Morgan fingerprint density at radius 3 is 2.57 bits per heavy atom. The monoisotopic (exact) mass is 382 g/mol. The Morgan fingerprint density at radius 1 is 1.21 bits per heavy atom. The molecular weight excluding hydrogens is 352 g/mol. The number of hydrogen-bond donors (Lipinski definition) is 2. The van der Waals surface area contributed by atoms with Crippen LogP contribution in [0.15, 0.2) is 24.4 Å². The lowest BCUT2D eigenvalue weighted by atomic mass is 9.77. The number of pyridine rings is 2. The summed E-state index contributed by atoms with van der Waals surface area (Å²) in [5.41, 5.74) is 0.611. The van der Waals surface area contributed by atoms with Crippen LogP contribution in [0.4, 0.5) is 5.82 Å². The molecule has 0 bridgehead atoms. The third kappa shape index (κ3) is 3.83. The van der Waals surface area contributed by atoms with E-state index in [1.54, 1.807) is 6.20 Å². The number of amides is 1. The predicted octanol–water partition coefficient (Wildman–Crippen LogP) is 3.29. The number of nitrogens with one attached hydrogen (secondary N) is 1. The van der Waals surface area contributed by atoms with Crippen LogP contribution in [0.2, 0.25) is 0 Å². The molecular formula is C22H30N4O2. The van der Waals surface area contributed by atoms with E-state index in [-0.39, 0.29) is 11.9 Å². The van der Waals surface area contributed by atoms with Crippen LogP contribution in [-0.2, 0) is 0 Å². The van der Waals surface area contributed by atoms with E-state index in [4.69, 9.17) is 0 Å². The molecule has 6 nitrogen and oxygen atoms in total. The molecule has 1 aliphatic carbocycles. The maximum absolute atomic E-state index is 12.7. The molecule has 150 valence electrons. The second kappa shape index (κ2) is 7.32. The van der Waals surface area contributed by atoms with Gasteiger partial charge in [-0.05, 0) is 77.0 Å². The highest BCUT2D eigenvalue weighted by molar-refractivity contribution is 5.97. The summed E-state index contributed by atoms with van der Waals surface area (Å²) in [5.74, 6) is 1.18. The molecule has 4 rings (SSSR count). The third-order valence-corrected chi connectivity index (χ3v) is 6.47. The number of fused-ring (bicyclic) bond motifs is 1. The van der Waals surface area contributed by atoms with Gasteiger partial charge in [0.1, 0.15) is 5.82 Å². The largest absolute Gasteiger partial charge is 0.390 e. The van der Waals surface area contributed by atoms with Crippen LogP contribution >= 0.6 is 0 Å². The molecule has 28 heavy (non-hydrogen) atoms. The summed E-state index contributed by atoms with van der Waals surface area (Å²) >= 11 is 0. The number of hydrogen-bond acceptors (Lipinski definition) is 5. The van der Waals surface area contributed by atoms with Crippen molar-refractivity contribution in [3.8, 4) is 0 Å². The van der Waals surface area contributed by atoms with Crippen LogP contribution in [0.5, 0.6) is 0 Å². The highest BCUT2D eigenvalue weighted by Crippen LogP contribution is 2.32. The predicted molar refractivity (Wildman–Crippen MR) is 110 cm³/mol. The Hall–Kier alpha value is -2.21. The molecule has 3 heterocycles. The van der Waals surface area contributed by atoms with Gasteiger partial charge in [0.15, 0.2) is 5.65 Å². The van der Waals surface area contributed by atoms with Gasteiger partial charge in [-0.15, -0.1) is 0 Å². The van der Waals surface area contributed by atoms with Gasteiger partial charge in [-0.1, -0.05) is 0 Å². The van der Waals surface area contributed by atoms with Crippen molar-refractivity contribution in [2.45, 2.75) is 70.6 Å². The molecule has 0 spiro atoms. The fourth-order valence-corrected chi connectivity index (χ4v) is 4.35. The second-order valence-electron chi connectivity index (χ2n) is 8.95. The molecule has 1 unspecified atom stereocenters. The first-order valence-corrected chi connectivity index (χ1v) is 10.4. The van der Waals surface area contributed by atoms with Gasteiger partial charge in [0.25, 0.3) is 5.91 Å². The summed E-state index contributed by atoms with van der Waals surface area (Å²) in [6.45, 7) is 6.99. The van der Waals surface area contributed by atoms with Crippen molar-refractivity contribution in [1.82, 2.24) is 15.3 Å². The third-order valence-electron chi connectivity index (χ3n) is 6.47. The van der Waals surface area contributed by atoms with E-state index in [9.17, 15) is 9.90 Å². The van der Waals surface area contributed by atoms with E-state index in [2.05, 4.69) is 27.1 Å². The zero-order valence-corrected chi connectivity index (χ0v) is 17.0. The highest BCUT2D eigenvalue weighted by atomic mass is 16.3. The van der Waals surface area contributed by atoms with Gasteiger partial charge >= 0.3 is 0 Å². The van der Waals surface area contributed by atoms with Gasteiger partial charge in [0.05, 0.1) is 11.2 Å². The van der Waals surface area contributed by atoms with Gasteiger partial charge in [-0.2, -0.15) is 0 Å². The van der Waals surface area contributed by atoms with Crippen LogP contribution in [0.25, 0.3) is 11.0 Å². The minimum Gasteiger partial charge on any atom is -0.390 e. The summed E-state index contributed by atoms with van der Waals surface area (Å²) in [5, 5.41) is 14.2. The van der Waals surface area contributed by atoms with Crippen molar-refractivity contribution >= 4 is 22.8 Å². The number of carbonyl (C=O) groups excluding carboxylic acids is 1. The molecule has 1 aliphatic heterocycles. The Balaban J connectivity index is 1.41. The normalized spacial score (nSPS) is 25.4. The summed E-state index contributed by atoms with van der Waals surface area (Å²) < 4.78 is 0. The smallest absolute Gasteiger partial charge is 0.253 e. The molecule has 1 amide bonds. The lowest BCUT2D eigenvalue weighted by Crippen LogP contribution is -2.46. The minimum absolute atomic E-state index is 0.0819. The van der Waals surface area contributed by atoms with Crippen molar-refractivity contribution < 1.29 is 9.90 Å². The number of carbonyl (C=O) groups is 1. The molecule has 2 aromatic rings. The zero-order chi connectivity index (χ0) is 19.9. The van der Waals surface area contributed by atoms with Gasteiger partial charge in [-0.25, -0.2) is 9.97 Å². The Morgan fingerprint density at radius 2 is 1.96 bits per heavy atom. The molecule has 1 saturated carbocycles. The van der Waals surface area contributed by atoms with Crippen molar-refractivity contribution in [3.05, 3.63) is 30.0 Å². The van der Waals surface area contributed by atoms with E-state index in [0.717, 1.165) is 43.4 Å². The topological polar surface area (TPSA) is 78.4 Å².